The number of carboxylic acid groups (broad SMARTS) is 1. The van der Waals surface area contributed by atoms with Crippen LogP contribution in [0.1, 0.15) is 40.0 Å². The number of nitrogens with one attached hydrogen (secondary N) is 1. The Morgan fingerprint density at radius 3 is 2.44 bits per heavy atom. The molecule has 18 heavy (non-hydrogen) atoms. The number of amides is 1. The molecule has 4 heteroatoms. The average molecular weight is 253 g/mol. The minimum Gasteiger partial charge on any atom is -0.481 e. The van der Waals surface area contributed by atoms with Crippen LogP contribution in [-0.4, -0.2) is 23.5 Å². The molecule has 1 saturated carbocycles. The Labute approximate surface area is 108 Å². The lowest BCUT2D eigenvalue weighted by Gasteiger charge is -2.14. The topological polar surface area (TPSA) is 66.4 Å². The van der Waals surface area contributed by atoms with E-state index in [1.54, 1.807) is 6.08 Å². The van der Waals surface area contributed by atoms with E-state index >= 15 is 0 Å². The summed E-state index contributed by atoms with van der Waals surface area (Å²) in [6.07, 6.45) is 4.52. The van der Waals surface area contributed by atoms with Gasteiger partial charge in [-0.1, -0.05) is 19.4 Å². The summed E-state index contributed by atoms with van der Waals surface area (Å²) >= 11 is 0. The third-order valence-electron chi connectivity index (χ3n) is 3.21. The zero-order valence-electron chi connectivity index (χ0n) is 11.4. The number of allylic oxidation sites excluding steroid dienone is 1. The van der Waals surface area contributed by atoms with E-state index in [2.05, 4.69) is 5.32 Å². The molecule has 102 valence electrons. The number of carboxylic acids is 1. The summed E-state index contributed by atoms with van der Waals surface area (Å²) in [7, 11) is 0. The molecule has 0 radical (unpaired) electrons. The van der Waals surface area contributed by atoms with Crippen LogP contribution in [0.2, 0.25) is 0 Å². The summed E-state index contributed by atoms with van der Waals surface area (Å²) in [4.78, 5) is 22.6. The molecule has 1 rings (SSSR count). The van der Waals surface area contributed by atoms with Crippen LogP contribution in [0.3, 0.4) is 0 Å². The van der Waals surface area contributed by atoms with Gasteiger partial charge in [-0.15, -0.1) is 0 Å². The highest BCUT2D eigenvalue weighted by atomic mass is 16.4. The number of hydrogen-bond donors (Lipinski definition) is 2. The monoisotopic (exact) mass is 253 g/mol. The molecule has 2 N–H and O–H groups in total. The number of rotatable bonds is 7. The van der Waals surface area contributed by atoms with Crippen LogP contribution >= 0.6 is 0 Å². The molecule has 1 fully saturated rings. The summed E-state index contributed by atoms with van der Waals surface area (Å²) < 4.78 is 0. The molecule has 0 aromatic rings. The molecular formula is C14H23NO3. The van der Waals surface area contributed by atoms with Gasteiger partial charge in [-0.25, -0.2) is 0 Å². The molecule has 1 amide bonds. The van der Waals surface area contributed by atoms with E-state index in [1.807, 2.05) is 20.8 Å². The van der Waals surface area contributed by atoms with Crippen molar-refractivity contribution in [2.45, 2.75) is 40.0 Å². The highest BCUT2D eigenvalue weighted by Crippen LogP contribution is 2.35. The molecule has 0 aliphatic heterocycles. The Morgan fingerprint density at radius 2 is 2.00 bits per heavy atom. The van der Waals surface area contributed by atoms with Gasteiger partial charge in [0.05, 0.1) is 5.92 Å². The first kappa shape index (κ1) is 14.7. The van der Waals surface area contributed by atoms with Crippen LogP contribution in [0.25, 0.3) is 0 Å². The first-order valence-corrected chi connectivity index (χ1v) is 6.59. The van der Waals surface area contributed by atoms with E-state index in [9.17, 15) is 9.59 Å². The fraction of sp³-hybridized carbons (Fsp3) is 0.714. The zero-order valence-corrected chi connectivity index (χ0v) is 11.4. The standard InChI is InChI=1S/C14H23NO3/c1-9(2)6-12(14(17)18)8-15-13(16)7-10(3)11-4-5-11/h7,9,11-12H,4-6,8H2,1-3H3,(H,15,16)(H,17,18)/b10-7+/t12-/m0/s1. The Hall–Kier alpha value is -1.32. The predicted molar refractivity (Wildman–Crippen MR) is 70.1 cm³/mol. The van der Waals surface area contributed by atoms with Crippen molar-refractivity contribution < 1.29 is 14.7 Å². The molecule has 0 heterocycles. The van der Waals surface area contributed by atoms with Crippen molar-refractivity contribution in [3.63, 3.8) is 0 Å². The highest BCUT2D eigenvalue weighted by molar-refractivity contribution is 5.88. The zero-order chi connectivity index (χ0) is 13.7. The molecule has 0 saturated heterocycles. The normalized spacial score (nSPS) is 17.7. The van der Waals surface area contributed by atoms with Gasteiger partial charge in [0.15, 0.2) is 0 Å². The van der Waals surface area contributed by atoms with Crippen LogP contribution in [0.4, 0.5) is 0 Å². The predicted octanol–water partition coefficient (Wildman–Crippen LogP) is 2.21. The van der Waals surface area contributed by atoms with Gasteiger partial charge in [0, 0.05) is 12.6 Å². The van der Waals surface area contributed by atoms with Gasteiger partial charge < -0.3 is 10.4 Å². The highest BCUT2D eigenvalue weighted by Gasteiger charge is 2.24. The second-order valence-corrected chi connectivity index (χ2v) is 5.57. The van der Waals surface area contributed by atoms with Crippen LogP contribution in [-0.2, 0) is 9.59 Å². The van der Waals surface area contributed by atoms with Gasteiger partial charge in [-0.05, 0) is 38.0 Å². The van der Waals surface area contributed by atoms with E-state index in [-0.39, 0.29) is 12.5 Å². The van der Waals surface area contributed by atoms with Crippen LogP contribution in [0, 0.1) is 17.8 Å². The minimum atomic E-state index is -0.841. The molecule has 0 aromatic heterocycles. The Balaban J connectivity index is 2.39. The summed E-state index contributed by atoms with van der Waals surface area (Å²) in [6, 6.07) is 0. The SMILES string of the molecule is C/C(=C\C(=O)NC[C@H](CC(C)C)C(=O)O)C1CC1. The van der Waals surface area contributed by atoms with Crippen molar-refractivity contribution >= 4 is 11.9 Å². The lowest BCUT2D eigenvalue weighted by molar-refractivity contribution is -0.142. The van der Waals surface area contributed by atoms with Crippen LogP contribution in [0.5, 0.6) is 0 Å². The molecular weight excluding hydrogens is 230 g/mol. The number of hydrogen-bond acceptors (Lipinski definition) is 2. The van der Waals surface area contributed by atoms with E-state index in [0.29, 0.717) is 18.3 Å². The van der Waals surface area contributed by atoms with Crippen molar-refractivity contribution in [1.82, 2.24) is 5.32 Å². The first-order valence-electron chi connectivity index (χ1n) is 6.59. The van der Waals surface area contributed by atoms with Crippen LogP contribution < -0.4 is 5.32 Å². The fourth-order valence-electron chi connectivity index (χ4n) is 1.98. The van der Waals surface area contributed by atoms with Crippen molar-refractivity contribution in [3.8, 4) is 0 Å². The van der Waals surface area contributed by atoms with Gasteiger partial charge in [-0.3, -0.25) is 9.59 Å². The molecule has 0 aromatic carbocycles. The number of carbonyl (C=O) groups is 2. The van der Waals surface area contributed by atoms with E-state index in [0.717, 1.165) is 5.57 Å². The van der Waals surface area contributed by atoms with Crippen molar-refractivity contribution in [2.75, 3.05) is 6.54 Å². The average Bonchev–Trinajstić information content (AvgIpc) is 3.06. The molecule has 0 unspecified atom stereocenters. The maximum Gasteiger partial charge on any atom is 0.308 e. The molecule has 0 bridgehead atoms. The van der Waals surface area contributed by atoms with Gasteiger partial charge in [0.2, 0.25) is 5.91 Å². The Bertz CT molecular complexity index is 343. The number of aliphatic carboxylic acids is 1. The maximum absolute atomic E-state index is 11.6. The van der Waals surface area contributed by atoms with Crippen LogP contribution in [0.15, 0.2) is 11.6 Å². The summed E-state index contributed by atoms with van der Waals surface area (Å²) in [6.45, 7) is 6.13. The quantitative estimate of drug-likeness (QED) is 0.684. The molecule has 0 spiro atoms. The lowest BCUT2D eigenvalue weighted by Crippen LogP contribution is -2.32. The Morgan fingerprint density at radius 1 is 1.39 bits per heavy atom. The lowest BCUT2D eigenvalue weighted by atomic mass is 9.97. The van der Waals surface area contributed by atoms with Crippen molar-refractivity contribution in [3.05, 3.63) is 11.6 Å². The summed E-state index contributed by atoms with van der Waals surface area (Å²) in [5.41, 5.74) is 1.10. The third-order valence-corrected chi connectivity index (χ3v) is 3.21. The summed E-state index contributed by atoms with van der Waals surface area (Å²) in [5.74, 6) is -0.627. The first-order chi connectivity index (χ1) is 8.40. The van der Waals surface area contributed by atoms with Gasteiger partial charge >= 0.3 is 5.97 Å². The Kier molecular flexibility index (Phi) is 5.38. The van der Waals surface area contributed by atoms with Gasteiger partial charge in [0.25, 0.3) is 0 Å². The number of carbonyl (C=O) groups excluding carboxylic acids is 1. The maximum atomic E-state index is 11.6. The van der Waals surface area contributed by atoms with E-state index in [1.165, 1.54) is 12.8 Å². The molecule has 1 aliphatic carbocycles. The van der Waals surface area contributed by atoms with E-state index in [4.69, 9.17) is 5.11 Å². The van der Waals surface area contributed by atoms with Crippen molar-refractivity contribution in [2.24, 2.45) is 17.8 Å². The fourth-order valence-corrected chi connectivity index (χ4v) is 1.98. The minimum absolute atomic E-state index is 0.172. The third kappa shape index (κ3) is 5.34. The molecule has 4 nitrogen and oxygen atoms in total. The van der Waals surface area contributed by atoms with E-state index < -0.39 is 11.9 Å². The van der Waals surface area contributed by atoms with Gasteiger partial charge in [0.1, 0.15) is 0 Å². The summed E-state index contributed by atoms with van der Waals surface area (Å²) in [5, 5.41) is 11.7. The second-order valence-electron chi connectivity index (χ2n) is 5.57. The van der Waals surface area contributed by atoms with Gasteiger partial charge in [-0.2, -0.15) is 0 Å². The smallest absolute Gasteiger partial charge is 0.308 e. The second kappa shape index (κ2) is 6.57. The molecule has 1 aliphatic rings. The molecule has 1 atom stereocenters. The van der Waals surface area contributed by atoms with Crippen molar-refractivity contribution in [1.29, 1.82) is 0 Å². The largest absolute Gasteiger partial charge is 0.481 e.